The number of hydrogen-bond acceptors (Lipinski definition) is 1. The minimum atomic E-state index is -0.209. The second-order valence-electron chi connectivity index (χ2n) is 5.47. The highest BCUT2D eigenvalue weighted by Crippen LogP contribution is 2.59. The molecular weight excluding hydrogens is 160 g/mol. The molecule has 0 saturated heterocycles. The Labute approximate surface area is 80.5 Å². The Morgan fingerprint density at radius 2 is 1.92 bits per heavy atom. The van der Waals surface area contributed by atoms with Gasteiger partial charge in [-0.3, -0.25) is 0 Å². The van der Waals surface area contributed by atoms with E-state index >= 15 is 0 Å². The smallest absolute Gasteiger partial charge is 0.0706 e. The van der Waals surface area contributed by atoms with Gasteiger partial charge in [-0.1, -0.05) is 19.3 Å². The van der Waals surface area contributed by atoms with Gasteiger partial charge >= 0.3 is 0 Å². The van der Waals surface area contributed by atoms with Crippen molar-refractivity contribution in [2.24, 2.45) is 17.8 Å². The Morgan fingerprint density at radius 3 is 2.69 bits per heavy atom. The molecule has 1 heteroatoms. The largest absolute Gasteiger partial charge is 0.389 e. The van der Waals surface area contributed by atoms with E-state index in [9.17, 15) is 5.11 Å². The first-order valence-electron chi connectivity index (χ1n) is 6.03. The molecule has 1 nitrogen and oxygen atoms in total. The summed E-state index contributed by atoms with van der Waals surface area (Å²) in [6.07, 6.45) is 10.5. The van der Waals surface area contributed by atoms with Crippen LogP contribution in [-0.4, -0.2) is 10.7 Å². The van der Waals surface area contributed by atoms with Crippen LogP contribution in [0.3, 0.4) is 0 Å². The molecule has 3 fully saturated rings. The molecule has 0 spiro atoms. The van der Waals surface area contributed by atoms with E-state index in [-0.39, 0.29) is 5.60 Å². The minimum absolute atomic E-state index is 0.209. The van der Waals surface area contributed by atoms with E-state index in [1.807, 2.05) is 0 Å². The quantitative estimate of drug-likeness (QED) is 0.607. The molecule has 3 aliphatic carbocycles. The van der Waals surface area contributed by atoms with E-state index in [4.69, 9.17) is 0 Å². The van der Waals surface area contributed by atoms with Crippen LogP contribution in [0.25, 0.3) is 0 Å². The zero-order chi connectivity index (χ0) is 8.89. The Bertz CT molecular complexity index is 213. The molecule has 0 amide bonds. The molecule has 0 heterocycles. The molecule has 3 rings (SSSR count). The van der Waals surface area contributed by atoms with Gasteiger partial charge in [0.15, 0.2) is 0 Å². The van der Waals surface area contributed by atoms with Crippen molar-refractivity contribution in [1.82, 2.24) is 0 Å². The summed E-state index contributed by atoms with van der Waals surface area (Å²) in [5.41, 5.74) is -0.209. The Morgan fingerprint density at radius 1 is 1.00 bits per heavy atom. The second-order valence-corrected chi connectivity index (χ2v) is 5.47. The predicted molar refractivity (Wildman–Crippen MR) is 52.4 cm³/mol. The molecule has 0 aliphatic heterocycles. The highest BCUT2D eigenvalue weighted by molar-refractivity contribution is 5.07. The van der Waals surface area contributed by atoms with Crippen molar-refractivity contribution in [3.63, 3.8) is 0 Å². The first-order chi connectivity index (χ1) is 6.31. The van der Waals surface area contributed by atoms with Crippen molar-refractivity contribution < 1.29 is 5.11 Å². The third kappa shape index (κ3) is 1.03. The molecule has 3 aliphatic rings. The normalized spacial score (nSPS) is 54.7. The van der Waals surface area contributed by atoms with Crippen LogP contribution in [0.4, 0.5) is 0 Å². The molecule has 13 heavy (non-hydrogen) atoms. The molecule has 3 saturated carbocycles. The summed E-state index contributed by atoms with van der Waals surface area (Å²) >= 11 is 0. The fourth-order valence-electron chi connectivity index (χ4n) is 4.11. The monoisotopic (exact) mass is 180 g/mol. The number of hydrogen-bond donors (Lipinski definition) is 1. The van der Waals surface area contributed by atoms with E-state index in [2.05, 4.69) is 0 Å². The van der Waals surface area contributed by atoms with Gasteiger partial charge in [0.2, 0.25) is 0 Å². The van der Waals surface area contributed by atoms with Crippen LogP contribution >= 0.6 is 0 Å². The second kappa shape index (κ2) is 2.73. The van der Waals surface area contributed by atoms with Gasteiger partial charge in [-0.2, -0.15) is 0 Å². The van der Waals surface area contributed by atoms with Crippen LogP contribution in [0.1, 0.15) is 51.4 Å². The van der Waals surface area contributed by atoms with Crippen LogP contribution in [0.2, 0.25) is 0 Å². The van der Waals surface area contributed by atoms with Crippen molar-refractivity contribution in [2.75, 3.05) is 0 Å². The predicted octanol–water partition coefficient (Wildman–Crippen LogP) is 2.73. The topological polar surface area (TPSA) is 20.2 Å². The summed E-state index contributed by atoms with van der Waals surface area (Å²) < 4.78 is 0. The lowest BCUT2D eigenvalue weighted by molar-refractivity contribution is -0.0698. The van der Waals surface area contributed by atoms with Crippen LogP contribution in [0.15, 0.2) is 0 Å². The third-order valence-electron chi connectivity index (χ3n) is 4.98. The van der Waals surface area contributed by atoms with Crippen LogP contribution in [0, 0.1) is 17.8 Å². The average molecular weight is 180 g/mol. The SMILES string of the molecule is OC12CCCCCC1CC1CCC12. The van der Waals surface area contributed by atoms with E-state index in [1.165, 1.54) is 44.9 Å². The molecule has 0 radical (unpaired) electrons. The standard InChI is InChI=1S/C12H20O/c13-12-7-3-1-2-4-10(12)8-9-5-6-11(9)12/h9-11,13H,1-8H2. The molecule has 0 bridgehead atoms. The van der Waals surface area contributed by atoms with Crippen LogP contribution in [-0.2, 0) is 0 Å². The van der Waals surface area contributed by atoms with Gasteiger partial charge in [-0.15, -0.1) is 0 Å². The van der Waals surface area contributed by atoms with Gasteiger partial charge in [-0.05, 0) is 49.9 Å². The van der Waals surface area contributed by atoms with Crippen molar-refractivity contribution in [3.05, 3.63) is 0 Å². The summed E-state index contributed by atoms with van der Waals surface area (Å²) in [6, 6.07) is 0. The molecular formula is C12H20O. The van der Waals surface area contributed by atoms with Gasteiger partial charge in [0.25, 0.3) is 0 Å². The fourth-order valence-corrected chi connectivity index (χ4v) is 4.11. The molecule has 0 aromatic carbocycles. The van der Waals surface area contributed by atoms with E-state index in [0.29, 0.717) is 11.8 Å². The third-order valence-corrected chi connectivity index (χ3v) is 4.98. The van der Waals surface area contributed by atoms with E-state index in [1.54, 1.807) is 0 Å². The fraction of sp³-hybridized carbons (Fsp3) is 1.00. The Balaban J connectivity index is 1.86. The van der Waals surface area contributed by atoms with Crippen LogP contribution in [0.5, 0.6) is 0 Å². The first kappa shape index (κ1) is 8.28. The molecule has 0 aromatic rings. The minimum Gasteiger partial charge on any atom is -0.389 e. The van der Waals surface area contributed by atoms with Gasteiger partial charge < -0.3 is 5.11 Å². The molecule has 4 atom stereocenters. The average Bonchev–Trinajstić information content (AvgIpc) is 2.23. The van der Waals surface area contributed by atoms with E-state index in [0.717, 1.165) is 12.3 Å². The summed E-state index contributed by atoms with van der Waals surface area (Å²) in [4.78, 5) is 0. The maximum absolute atomic E-state index is 10.7. The van der Waals surface area contributed by atoms with Crippen molar-refractivity contribution in [1.29, 1.82) is 0 Å². The van der Waals surface area contributed by atoms with E-state index < -0.39 is 0 Å². The molecule has 4 unspecified atom stereocenters. The molecule has 1 N–H and O–H groups in total. The summed E-state index contributed by atoms with van der Waals surface area (Å²) in [5.74, 6) is 2.29. The maximum atomic E-state index is 10.7. The number of rotatable bonds is 0. The number of aliphatic hydroxyl groups is 1. The lowest BCUT2D eigenvalue weighted by atomic mass is 9.69. The molecule has 0 aromatic heterocycles. The summed E-state index contributed by atoms with van der Waals surface area (Å²) in [6.45, 7) is 0. The Kier molecular flexibility index (Phi) is 1.74. The zero-order valence-electron chi connectivity index (χ0n) is 8.34. The highest BCUT2D eigenvalue weighted by atomic mass is 16.3. The lowest BCUT2D eigenvalue weighted by Crippen LogP contribution is -2.43. The molecule has 74 valence electrons. The highest BCUT2D eigenvalue weighted by Gasteiger charge is 2.56. The van der Waals surface area contributed by atoms with Crippen LogP contribution < -0.4 is 0 Å². The van der Waals surface area contributed by atoms with Crippen molar-refractivity contribution in [2.45, 2.75) is 57.0 Å². The van der Waals surface area contributed by atoms with Gasteiger partial charge in [0.05, 0.1) is 5.60 Å². The van der Waals surface area contributed by atoms with Gasteiger partial charge in [0.1, 0.15) is 0 Å². The Hall–Kier alpha value is -0.0400. The lowest BCUT2D eigenvalue weighted by Gasteiger charge is -2.41. The van der Waals surface area contributed by atoms with Gasteiger partial charge in [0, 0.05) is 0 Å². The maximum Gasteiger partial charge on any atom is 0.0706 e. The van der Waals surface area contributed by atoms with Crippen molar-refractivity contribution in [3.8, 4) is 0 Å². The number of fused-ring (bicyclic) bond motifs is 3. The first-order valence-corrected chi connectivity index (χ1v) is 6.03. The summed E-state index contributed by atoms with van der Waals surface area (Å²) in [7, 11) is 0. The zero-order valence-corrected chi connectivity index (χ0v) is 8.34. The summed E-state index contributed by atoms with van der Waals surface area (Å²) in [5, 5.41) is 10.7. The van der Waals surface area contributed by atoms with Crippen molar-refractivity contribution >= 4 is 0 Å². The van der Waals surface area contributed by atoms with Gasteiger partial charge in [-0.25, -0.2) is 0 Å².